The molecule has 2 N–H and O–H groups in total. The Hall–Kier alpha value is -3.44. The number of nitrogens with one attached hydrogen (secondary N) is 1. The monoisotopic (exact) mass is 368 g/mol. The molecule has 0 bridgehead atoms. The predicted octanol–water partition coefficient (Wildman–Crippen LogP) is 3.77. The van der Waals surface area contributed by atoms with Crippen molar-refractivity contribution in [1.29, 1.82) is 0 Å². The number of aromatic nitrogens is 2. The van der Waals surface area contributed by atoms with Gasteiger partial charge in [-0.1, -0.05) is 54.6 Å². The van der Waals surface area contributed by atoms with Gasteiger partial charge in [0.05, 0.1) is 17.1 Å². The highest BCUT2D eigenvalue weighted by atomic mass is 16.3. The standard InChI is InChI=1S/C23H18N3O2/c1-15(16-7-3-2-4-8-16)26-22(27)18-9-5-6-10-19(18)23(26,28)17-11-12-20-21(13-17)25-14-24-20/h2-13,15,28H,1H3,(H,24,25)/t15-,23?/m1/s1. The number of imidazole rings is 1. The van der Waals surface area contributed by atoms with Gasteiger partial charge in [0, 0.05) is 16.7 Å². The number of carbonyl (C=O) groups excluding carboxylic acids is 1. The maximum absolute atomic E-state index is 13.4. The van der Waals surface area contributed by atoms with Crippen LogP contribution < -0.4 is 0 Å². The van der Waals surface area contributed by atoms with Crippen molar-refractivity contribution < 1.29 is 9.90 Å². The Morgan fingerprint density at radius 3 is 2.64 bits per heavy atom. The molecule has 1 aromatic heterocycles. The largest absolute Gasteiger partial charge is 0.363 e. The summed E-state index contributed by atoms with van der Waals surface area (Å²) >= 11 is 0. The molecular formula is C23H18N3O2. The number of H-pyrrole nitrogens is 1. The van der Waals surface area contributed by atoms with Gasteiger partial charge in [-0.3, -0.25) is 9.69 Å². The van der Waals surface area contributed by atoms with E-state index in [1.54, 1.807) is 11.0 Å². The van der Waals surface area contributed by atoms with Gasteiger partial charge >= 0.3 is 0 Å². The van der Waals surface area contributed by atoms with E-state index in [0.29, 0.717) is 22.2 Å². The molecule has 1 amide bonds. The molecule has 1 radical (unpaired) electrons. The fourth-order valence-electron chi connectivity index (χ4n) is 4.11. The predicted molar refractivity (Wildman–Crippen MR) is 105 cm³/mol. The molecule has 4 aromatic rings. The van der Waals surface area contributed by atoms with Crippen LogP contribution in [-0.4, -0.2) is 25.9 Å². The highest BCUT2D eigenvalue weighted by Crippen LogP contribution is 2.46. The number of nitrogens with zero attached hydrogens (tertiary/aromatic N) is 2. The van der Waals surface area contributed by atoms with Gasteiger partial charge in [0.25, 0.3) is 5.91 Å². The number of carbonyl (C=O) groups is 1. The molecule has 1 unspecified atom stereocenters. The van der Waals surface area contributed by atoms with Crippen molar-refractivity contribution in [2.45, 2.75) is 18.7 Å². The molecule has 5 nitrogen and oxygen atoms in total. The highest BCUT2D eigenvalue weighted by Gasteiger charge is 2.51. The minimum Gasteiger partial charge on any atom is -0.363 e. The zero-order chi connectivity index (χ0) is 19.3. The van der Waals surface area contributed by atoms with E-state index < -0.39 is 5.72 Å². The van der Waals surface area contributed by atoms with Gasteiger partial charge in [0.1, 0.15) is 0 Å². The van der Waals surface area contributed by atoms with E-state index in [1.165, 1.54) is 0 Å². The van der Waals surface area contributed by atoms with E-state index in [4.69, 9.17) is 0 Å². The van der Waals surface area contributed by atoms with E-state index in [-0.39, 0.29) is 11.9 Å². The molecule has 2 heterocycles. The van der Waals surface area contributed by atoms with Crippen LogP contribution in [0.5, 0.6) is 0 Å². The Morgan fingerprint density at radius 1 is 1.07 bits per heavy atom. The van der Waals surface area contributed by atoms with Crippen molar-refractivity contribution in [1.82, 2.24) is 14.9 Å². The van der Waals surface area contributed by atoms with E-state index in [9.17, 15) is 9.90 Å². The van der Waals surface area contributed by atoms with E-state index in [0.717, 1.165) is 11.1 Å². The lowest BCUT2D eigenvalue weighted by Gasteiger charge is -2.39. The van der Waals surface area contributed by atoms with Gasteiger partial charge in [0.2, 0.25) is 0 Å². The molecule has 2 atom stereocenters. The average molecular weight is 368 g/mol. The third-order valence-corrected chi connectivity index (χ3v) is 5.54. The summed E-state index contributed by atoms with van der Waals surface area (Å²) in [5.74, 6) is -0.192. The van der Waals surface area contributed by atoms with E-state index >= 15 is 0 Å². The van der Waals surface area contributed by atoms with Gasteiger partial charge in [-0.2, -0.15) is 0 Å². The molecule has 0 fully saturated rings. The lowest BCUT2D eigenvalue weighted by Crippen LogP contribution is -2.46. The van der Waals surface area contributed by atoms with Crippen molar-refractivity contribution in [2.75, 3.05) is 0 Å². The number of benzene rings is 3. The van der Waals surface area contributed by atoms with Crippen LogP contribution in [0.2, 0.25) is 0 Å². The molecule has 0 saturated carbocycles. The van der Waals surface area contributed by atoms with Crippen molar-refractivity contribution in [3.8, 4) is 0 Å². The van der Waals surface area contributed by atoms with Gasteiger partial charge < -0.3 is 10.1 Å². The van der Waals surface area contributed by atoms with E-state index in [1.807, 2.05) is 73.7 Å². The van der Waals surface area contributed by atoms with Crippen LogP contribution in [0, 0.1) is 6.33 Å². The Labute approximate surface area is 162 Å². The first-order chi connectivity index (χ1) is 13.6. The summed E-state index contributed by atoms with van der Waals surface area (Å²) < 4.78 is 0. The molecule has 5 rings (SSSR count). The second-order valence-corrected chi connectivity index (χ2v) is 7.06. The van der Waals surface area contributed by atoms with Crippen molar-refractivity contribution >= 4 is 16.9 Å². The topological polar surface area (TPSA) is 69.2 Å². The molecule has 0 saturated heterocycles. The van der Waals surface area contributed by atoms with Gasteiger partial charge in [-0.15, -0.1) is 0 Å². The van der Waals surface area contributed by atoms with Crippen LogP contribution in [0.1, 0.15) is 40.0 Å². The Morgan fingerprint density at radius 2 is 1.82 bits per heavy atom. The highest BCUT2D eigenvalue weighted by molar-refractivity contribution is 6.00. The lowest BCUT2D eigenvalue weighted by atomic mass is 9.92. The van der Waals surface area contributed by atoms with Crippen molar-refractivity contribution in [3.05, 3.63) is 101 Å². The van der Waals surface area contributed by atoms with Crippen LogP contribution in [0.3, 0.4) is 0 Å². The normalized spacial score (nSPS) is 19.8. The van der Waals surface area contributed by atoms with Crippen LogP contribution in [-0.2, 0) is 5.72 Å². The van der Waals surface area contributed by atoms with Crippen molar-refractivity contribution in [3.63, 3.8) is 0 Å². The summed E-state index contributed by atoms with van der Waals surface area (Å²) in [4.78, 5) is 22.0. The number of amides is 1. The SMILES string of the molecule is C[C@H](c1ccccc1)N1C(=O)c2ccccc2C1(O)c1ccc2[nH][c]nc2c1. The lowest BCUT2D eigenvalue weighted by molar-refractivity contribution is -0.0676. The number of hydrogen-bond donors (Lipinski definition) is 2. The summed E-state index contributed by atoms with van der Waals surface area (Å²) in [5, 5.41) is 12.0. The first-order valence-electron chi connectivity index (χ1n) is 9.17. The molecule has 1 aliphatic heterocycles. The maximum atomic E-state index is 13.4. The second kappa shape index (κ2) is 6.04. The van der Waals surface area contributed by atoms with E-state index in [2.05, 4.69) is 16.3 Å². The summed E-state index contributed by atoms with van der Waals surface area (Å²) in [6, 6.07) is 22.1. The molecule has 1 aliphatic rings. The first-order valence-corrected chi connectivity index (χ1v) is 9.17. The van der Waals surface area contributed by atoms with Crippen LogP contribution in [0.25, 0.3) is 11.0 Å². The van der Waals surface area contributed by atoms with Crippen LogP contribution in [0.15, 0.2) is 72.8 Å². The fourth-order valence-corrected chi connectivity index (χ4v) is 4.11. The molecule has 0 aliphatic carbocycles. The maximum Gasteiger partial charge on any atom is 0.257 e. The zero-order valence-corrected chi connectivity index (χ0v) is 15.3. The Balaban J connectivity index is 1.74. The third-order valence-electron chi connectivity index (χ3n) is 5.54. The molecule has 137 valence electrons. The molecule has 5 heteroatoms. The average Bonchev–Trinajstić information content (AvgIpc) is 3.30. The number of aromatic amines is 1. The number of aliphatic hydroxyl groups is 1. The number of fused-ring (bicyclic) bond motifs is 2. The van der Waals surface area contributed by atoms with Crippen LogP contribution >= 0.6 is 0 Å². The summed E-state index contributed by atoms with van der Waals surface area (Å²) in [6.45, 7) is 1.94. The molecule has 28 heavy (non-hydrogen) atoms. The van der Waals surface area contributed by atoms with Crippen LogP contribution in [0.4, 0.5) is 0 Å². The molecule has 0 spiro atoms. The zero-order valence-electron chi connectivity index (χ0n) is 15.3. The second-order valence-electron chi connectivity index (χ2n) is 7.06. The first kappa shape index (κ1) is 16.7. The fraction of sp³-hybridized carbons (Fsp3) is 0.130. The summed E-state index contributed by atoms with van der Waals surface area (Å²) in [7, 11) is 0. The number of rotatable bonds is 3. The quantitative estimate of drug-likeness (QED) is 0.578. The Bertz CT molecular complexity index is 1180. The van der Waals surface area contributed by atoms with Gasteiger partial charge in [-0.05, 0) is 30.7 Å². The molecular weight excluding hydrogens is 350 g/mol. The minimum atomic E-state index is -1.59. The number of hydrogen-bond acceptors (Lipinski definition) is 3. The Kier molecular flexibility index (Phi) is 3.60. The van der Waals surface area contributed by atoms with Crippen molar-refractivity contribution in [2.24, 2.45) is 0 Å². The minimum absolute atomic E-state index is 0.192. The molecule has 3 aromatic carbocycles. The summed E-state index contributed by atoms with van der Waals surface area (Å²) in [5.41, 5.74) is 2.58. The summed E-state index contributed by atoms with van der Waals surface area (Å²) in [6.07, 6.45) is 2.72. The smallest absolute Gasteiger partial charge is 0.257 e. The van der Waals surface area contributed by atoms with Gasteiger partial charge in [-0.25, -0.2) is 4.98 Å². The van der Waals surface area contributed by atoms with Gasteiger partial charge in [0.15, 0.2) is 12.1 Å². The third kappa shape index (κ3) is 2.23.